The van der Waals surface area contributed by atoms with E-state index in [-0.39, 0.29) is 12.7 Å². The van der Waals surface area contributed by atoms with Crippen molar-refractivity contribution in [1.82, 2.24) is 0 Å². The van der Waals surface area contributed by atoms with Gasteiger partial charge in [-0.15, -0.1) is 0 Å². The molecule has 3 nitrogen and oxygen atoms in total. The van der Waals surface area contributed by atoms with Crippen LogP contribution in [0.1, 0.15) is 19.4 Å². The van der Waals surface area contributed by atoms with E-state index >= 15 is 0 Å². The fourth-order valence-electron chi connectivity index (χ4n) is 1.60. The Labute approximate surface area is 109 Å². The van der Waals surface area contributed by atoms with Crippen LogP contribution in [0.5, 0.6) is 11.5 Å². The minimum absolute atomic E-state index is 0.205. The molecule has 0 atom stereocenters. The molecule has 1 aliphatic heterocycles. The molecule has 0 amide bonds. The van der Waals surface area contributed by atoms with Crippen molar-refractivity contribution in [2.75, 3.05) is 6.79 Å². The number of halogens is 1. The molecule has 0 spiro atoms. The topological polar surface area (TPSA) is 35.5 Å². The van der Waals surface area contributed by atoms with Crippen molar-refractivity contribution in [1.29, 1.82) is 0 Å². The molecule has 0 saturated heterocycles. The minimum atomic E-state index is 0.205. The van der Waals surface area contributed by atoms with Crippen molar-refractivity contribution in [3.8, 4) is 11.5 Å². The number of allylic oxidation sites excluding steroid dienone is 1. The van der Waals surface area contributed by atoms with Crippen LogP contribution < -0.4 is 9.47 Å². The first-order chi connectivity index (χ1) is 8.11. The number of carbonyl (C=O) groups is 1. The highest BCUT2D eigenvalue weighted by Crippen LogP contribution is 2.40. The molecule has 0 saturated carbocycles. The van der Waals surface area contributed by atoms with Crippen LogP contribution in [-0.2, 0) is 4.79 Å². The summed E-state index contributed by atoms with van der Waals surface area (Å²) in [5.74, 6) is 1.63. The first kappa shape index (κ1) is 12.2. The molecule has 1 aromatic rings. The predicted octanol–water partition coefficient (Wildman–Crippen LogP) is 3.42. The number of benzene rings is 1. The molecule has 90 valence electrons. The van der Waals surface area contributed by atoms with Gasteiger partial charge in [0.1, 0.15) is 6.29 Å². The molecular formula is C13H13BrO3. The molecule has 1 heterocycles. The van der Waals surface area contributed by atoms with Crippen LogP contribution in [0.3, 0.4) is 0 Å². The summed E-state index contributed by atoms with van der Waals surface area (Å²) in [6, 6.07) is 3.79. The van der Waals surface area contributed by atoms with Gasteiger partial charge >= 0.3 is 0 Å². The standard InChI is InChI=1S/C13H13BrO3/c1-8(2)10(6-15)3-9-4-11(14)13-12(5-9)16-7-17-13/h3-6,8H,7H2,1-2H3. The first-order valence-electron chi connectivity index (χ1n) is 5.37. The molecule has 17 heavy (non-hydrogen) atoms. The van der Waals surface area contributed by atoms with Crippen LogP contribution >= 0.6 is 15.9 Å². The van der Waals surface area contributed by atoms with Gasteiger partial charge in [-0.3, -0.25) is 4.79 Å². The Morgan fingerprint density at radius 2 is 2.18 bits per heavy atom. The van der Waals surface area contributed by atoms with E-state index in [1.165, 1.54) is 0 Å². The van der Waals surface area contributed by atoms with Crippen molar-refractivity contribution >= 4 is 28.3 Å². The van der Waals surface area contributed by atoms with Gasteiger partial charge in [0.05, 0.1) is 4.47 Å². The maximum atomic E-state index is 10.9. The summed E-state index contributed by atoms with van der Waals surface area (Å²) in [7, 11) is 0. The third kappa shape index (κ3) is 2.52. The van der Waals surface area contributed by atoms with Crippen molar-refractivity contribution in [3.63, 3.8) is 0 Å². The summed E-state index contributed by atoms with van der Waals surface area (Å²) < 4.78 is 11.5. The Balaban J connectivity index is 2.41. The summed E-state index contributed by atoms with van der Waals surface area (Å²) >= 11 is 3.42. The van der Waals surface area contributed by atoms with Gasteiger partial charge in [0.25, 0.3) is 0 Å². The largest absolute Gasteiger partial charge is 0.454 e. The molecule has 0 aliphatic carbocycles. The highest BCUT2D eigenvalue weighted by atomic mass is 79.9. The van der Waals surface area contributed by atoms with Crippen LogP contribution in [0.2, 0.25) is 0 Å². The normalized spacial score (nSPS) is 14.2. The third-order valence-electron chi connectivity index (χ3n) is 2.59. The molecule has 0 N–H and O–H groups in total. The summed E-state index contributed by atoms with van der Waals surface area (Å²) in [6.45, 7) is 4.22. The summed E-state index contributed by atoms with van der Waals surface area (Å²) in [4.78, 5) is 10.9. The second kappa shape index (κ2) is 4.92. The maximum Gasteiger partial charge on any atom is 0.231 e. The average molecular weight is 297 g/mol. The molecule has 0 fully saturated rings. The Morgan fingerprint density at radius 1 is 1.41 bits per heavy atom. The fourth-order valence-corrected chi connectivity index (χ4v) is 2.17. The van der Waals surface area contributed by atoms with E-state index in [4.69, 9.17) is 9.47 Å². The van der Waals surface area contributed by atoms with E-state index in [1.807, 2.05) is 32.1 Å². The summed E-state index contributed by atoms with van der Waals surface area (Å²) in [5.41, 5.74) is 1.69. The van der Waals surface area contributed by atoms with Gasteiger partial charge in [-0.1, -0.05) is 13.8 Å². The molecule has 2 rings (SSSR count). The Kier molecular flexibility index (Phi) is 3.52. The lowest BCUT2D eigenvalue weighted by atomic mass is 10.0. The highest BCUT2D eigenvalue weighted by molar-refractivity contribution is 9.10. The van der Waals surface area contributed by atoms with Crippen molar-refractivity contribution < 1.29 is 14.3 Å². The number of ether oxygens (including phenoxy) is 2. The monoisotopic (exact) mass is 296 g/mol. The van der Waals surface area contributed by atoms with Gasteiger partial charge in [0.15, 0.2) is 11.5 Å². The minimum Gasteiger partial charge on any atom is -0.454 e. The molecule has 1 aromatic carbocycles. The SMILES string of the molecule is CC(C)C(C=O)=Cc1cc(Br)c2c(c1)OCO2. The average Bonchev–Trinajstić information content (AvgIpc) is 2.74. The Morgan fingerprint density at radius 3 is 2.82 bits per heavy atom. The maximum absolute atomic E-state index is 10.9. The van der Waals surface area contributed by atoms with Crippen molar-refractivity contribution in [2.24, 2.45) is 5.92 Å². The second-order valence-electron chi connectivity index (χ2n) is 4.15. The van der Waals surface area contributed by atoms with E-state index in [9.17, 15) is 4.79 Å². The smallest absolute Gasteiger partial charge is 0.231 e. The number of hydrogen-bond donors (Lipinski definition) is 0. The van der Waals surface area contributed by atoms with E-state index in [0.29, 0.717) is 5.75 Å². The number of rotatable bonds is 3. The van der Waals surface area contributed by atoms with E-state index in [2.05, 4.69) is 15.9 Å². The van der Waals surface area contributed by atoms with Gasteiger partial charge in [-0.2, -0.15) is 0 Å². The number of carbonyl (C=O) groups excluding carboxylic acids is 1. The lowest BCUT2D eigenvalue weighted by Crippen LogP contribution is -1.94. The van der Waals surface area contributed by atoms with Crippen LogP contribution in [0.4, 0.5) is 0 Å². The molecule has 0 unspecified atom stereocenters. The van der Waals surface area contributed by atoms with Gasteiger partial charge in [0, 0.05) is 0 Å². The predicted molar refractivity (Wildman–Crippen MR) is 69.1 cm³/mol. The molecule has 1 aliphatic rings. The number of aldehydes is 1. The van der Waals surface area contributed by atoms with Gasteiger partial charge in [0.2, 0.25) is 6.79 Å². The molecule has 0 aromatic heterocycles. The Hall–Kier alpha value is -1.29. The fraction of sp³-hybridized carbons (Fsp3) is 0.308. The van der Waals surface area contributed by atoms with Gasteiger partial charge < -0.3 is 9.47 Å². The Bertz CT molecular complexity index is 478. The van der Waals surface area contributed by atoms with E-state index in [0.717, 1.165) is 27.6 Å². The third-order valence-corrected chi connectivity index (χ3v) is 3.17. The van der Waals surface area contributed by atoms with E-state index in [1.54, 1.807) is 0 Å². The van der Waals surface area contributed by atoms with Crippen LogP contribution in [-0.4, -0.2) is 13.1 Å². The summed E-state index contributed by atoms with van der Waals surface area (Å²) in [5, 5.41) is 0. The number of hydrogen-bond acceptors (Lipinski definition) is 3. The van der Waals surface area contributed by atoms with E-state index < -0.39 is 0 Å². The summed E-state index contributed by atoms with van der Waals surface area (Å²) in [6.07, 6.45) is 2.76. The number of fused-ring (bicyclic) bond motifs is 1. The van der Waals surface area contributed by atoms with Crippen molar-refractivity contribution in [3.05, 3.63) is 27.7 Å². The molecule has 0 bridgehead atoms. The zero-order valence-electron chi connectivity index (χ0n) is 9.70. The van der Waals surface area contributed by atoms with Crippen LogP contribution in [0.15, 0.2) is 22.2 Å². The molecular weight excluding hydrogens is 284 g/mol. The van der Waals surface area contributed by atoms with Crippen LogP contribution in [0, 0.1) is 5.92 Å². The van der Waals surface area contributed by atoms with Crippen LogP contribution in [0.25, 0.3) is 6.08 Å². The zero-order chi connectivity index (χ0) is 12.4. The second-order valence-corrected chi connectivity index (χ2v) is 5.01. The van der Waals surface area contributed by atoms with Gasteiger partial charge in [-0.25, -0.2) is 0 Å². The van der Waals surface area contributed by atoms with Crippen molar-refractivity contribution in [2.45, 2.75) is 13.8 Å². The first-order valence-corrected chi connectivity index (χ1v) is 6.17. The molecule has 4 heteroatoms. The lowest BCUT2D eigenvalue weighted by molar-refractivity contribution is -0.105. The quantitative estimate of drug-likeness (QED) is 0.633. The highest BCUT2D eigenvalue weighted by Gasteiger charge is 2.17. The zero-order valence-corrected chi connectivity index (χ0v) is 11.3. The van der Waals surface area contributed by atoms with Gasteiger partial charge in [-0.05, 0) is 51.2 Å². The molecule has 0 radical (unpaired) electrons. The lowest BCUT2D eigenvalue weighted by Gasteiger charge is -2.05.